The van der Waals surface area contributed by atoms with E-state index in [0.29, 0.717) is 81.0 Å². The Bertz CT molecular complexity index is 2410. The number of carbonyl (C=O) groups is 3. The van der Waals surface area contributed by atoms with E-state index in [1.165, 1.54) is 12.4 Å². The van der Waals surface area contributed by atoms with E-state index in [9.17, 15) is 19.5 Å². The zero-order chi connectivity index (χ0) is 41.8. The number of benzene rings is 2. The largest absolute Gasteiger partial charge is 0.497 e. The van der Waals surface area contributed by atoms with Gasteiger partial charge in [0.05, 0.1) is 63.2 Å². The first-order valence-corrected chi connectivity index (χ1v) is 18.3. The first kappa shape index (κ1) is 41.9. The van der Waals surface area contributed by atoms with E-state index in [4.69, 9.17) is 28.8 Å². The molecule has 0 amide bonds. The average Bonchev–Trinajstić information content (AvgIpc) is 3.21. The number of aromatic nitrogens is 4. The van der Waals surface area contributed by atoms with E-state index < -0.39 is 17.9 Å². The van der Waals surface area contributed by atoms with Crippen molar-refractivity contribution in [2.24, 2.45) is 0 Å². The lowest BCUT2D eigenvalue weighted by atomic mass is 10.1. The summed E-state index contributed by atoms with van der Waals surface area (Å²) in [6.07, 6.45) is 2.82. The zero-order valence-electron chi connectivity index (χ0n) is 32.9. The van der Waals surface area contributed by atoms with E-state index in [-0.39, 0.29) is 30.6 Å². The van der Waals surface area contributed by atoms with Crippen LogP contribution in [0.5, 0.6) is 23.0 Å². The van der Waals surface area contributed by atoms with E-state index in [2.05, 4.69) is 30.6 Å². The molecule has 0 unspecified atom stereocenters. The lowest BCUT2D eigenvalue weighted by Crippen LogP contribution is -2.10. The minimum atomic E-state index is -1.08. The van der Waals surface area contributed by atoms with Crippen molar-refractivity contribution in [3.8, 4) is 23.0 Å². The van der Waals surface area contributed by atoms with Crippen LogP contribution in [0.15, 0.2) is 73.1 Å². The van der Waals surface area contributed by atoms with Crippen LogP contribution < -0.4 is 29.6 Å². The molecule has 0 aliphatic carbocycles. The van der Waals surface area contributed by atoms with Crippen LogP contribution in [0.25, 0.3) is 22.1 Å². The van der Waals surface area contributed by atoms with E-state index in [1.807, 2.05) is 45.0 Å². The molecule has 16 nitrogen and oxygen atoms in total. The van der Waals surface area contributed by atoms with E-state index in [1.54, 1.807) is 57.5 Å². The Morgan fingerprint density at radius 3 is 1.67 bits per heavy atom. The second-order valence-electron chi connectivity index (χ2n) is 12.3. The fraction of sp³-hybridized carbons (Fsp3) is 0.262. The number of hydrogen-bond donors (Lipinski definition) is 4. The minimum absolute atomic E-state index is 0.0569. The van der Waals surface area contributed by atoms with Gasteiger partial charge in [0.15, 0.2) is 11.3 Å². The number of methoxy groups -OCH3 is 2. The second kappa shape index (κ2) is 19.6. The fourth-order valence-corrected chi connectivity index (χ4v) is 5.75. The van der Waals surface area contributed by atoms with Crippen LogP contribution in [-0.4, -0.2) is 82.1 Å². The summed E-state index contributed by atoms with van der Waals surface area (Å²) in [5, 5.41) is 26.2. The highest BCUT2D eigenvalue weighted by Gasteiger charge is 2.21. The average molecular weight is 793 g/mol. The molecule has 6 aromatic rings. The van der Waals surface area contributed by atoms with Crippen molar-refractivity contribution in [2.45, 2.75) is 40.5 Å². The van der Waals surface area contributed by atoms with Crippen LogP contribution >= 0.6 is 0 Å². The highest BCUT2D eigenvalue weighted by molar-refractivity contribution is 6.06. The van der Waals surface area contributed by atoms with Crippen molar-refractivity contribution in [3.63, 3.8) is 0 Å². The van der Waals surface area contributed by atoms with Gasteiger partial charge in [-0.2, -0.15) is 0 Å². The zero-order valence-corrected chi connectivity index (χ0v) is 32.9. The molecule has 0 aliphatic rings. The van der Waals surface area contributed by atoms with Crippen molar-refractivity contribution in [2.75, 3.05) is 44.7 Å². The number of fused-ring (bicyclic) bond motifs is 2. The maximum Gasteiger partial charge on any atom is 0.341 e. The number of carboxylic acid groups (broad SMARTS) is 2. The van der Waals surface area contributed by atoms with Gasteiger partial charge in [-0.15, -0.1) is 0 Å². The third kappa shape index (κ3) is 10.1. The predicted octanol–water partition coefficient (Wildman–Crippen LogP) is 7.76. The number of esters is 1. The van der Waals surface area contributed by atoms with Crippen LogP contribution in [-0.2, 0) is 16.0 Å². The van der Waals surface area contributed by atoms with E-state index >= 15 is 0 Å². The van der Waals surface area contributed by atoms with Crippen molar-refractivity contribution < 1.29 is 48.3 Å². The van der Waals surface area contributed by atoms with Crippen LogP contribution in [0.3, 0.4) is 0 Å². The Balaban J connectivity index is 0.000000226. The molecule has 0 aliphatic heterocycles. The van der Waals surface area contributed by atoms with Gasteiger partial charge in [-0.25, -0.2) is 29.5 Å². The second-order valence-corrected chi connectivity index (χ2v) is 12.3. The summed E-state index contributed by atoms with van der Waals surface area (Å²) in [5.41, 5.74) is 4.64. The number of carbonyl (C=O) groups excluding carboxylic acids is 1. The standard InChI is InChI=1S/C23H25N3O6.C19H19N3O4/c1-4-31-19-12-16-21(25-14-6-8-15(30-3)9-7-14)17(23(29)32-5-2)13-24-22(16)26-18(19)10-11-20(27)28;1-4-26-16-9-14-17(22-12-5-7-13(25-3)8-6-12)15(19(23)24)10-20-18(14)21-11(16)2/h6-9,12-13H,4-5,10-11H2,1-3H3,(H,27,28)(H,24,25,26);5-10H,4H2,1-3H3,(H,23,24)(H,20,21,22). The number of pyridine rings is 4. The van der Waals surface area contributed by atoms with Gasteiger partial charge in [-0.3, -0.25) is 4.79 Å². The SMILES string of the molecule is CCOC(=O)c1cnc2nc(CCC(=O)O)c(OCC)cc2c1Nc1ccc(OC)cc1.CCOc1cc2c(Nc3ccc(OC)cc3)c(C(=O)O)cnc2nc1C. The number of nitrogens with zero attached hydrogens (tertiary/aromatic N) is 4. The molecule has 4 aromatic heterocycles. The number of rotatable bonds is 16. The Morgan fingerprint density at radius 2 is 1.17 bits per heavy atom. The van der Waals surface area contributed by atoms with Gasteiger partial charge in [-0.1, -0.05) is 0 Å². The molecule has 0 fully saturated rings. The molecule has 0 radical (unpaired) electrons. The number of carboxylic acids is 2. The van der Waals surface area contributed by atoms with Gasteiger partial charge in [0.25, 0.3) is 0 Å². The van der Waals surface area contributed by atoms with Gasteiger partial charge in [0.2, 0.25) is 0 Å². The molecule has 0 saturated carbocycles. The summed E-state index contributed by atoms with van der Waals surface area (Å²) in [6.45, 7) is 8.34. The number of aliphatic carboxylic acids is 1. The predicted molar refractivity (Wildman–Crippen MR) is 218 cm³/mol. The molecule has 4 N–H and O–H groups in total. The molecule has 302 valence electrons. The smallest absolute Gasteiger partial charge is 0.341 e. The number of nitrogens with one attached hydrogen (secondary N) is 2. The van der Waals surface area contributed by atoms with E-state index in [0.717, 1.165) is 11.4 Å². The highest BCUT2D eigenvalue weighted by Crippen LogP contribution is 2.35. The maximum atomic E-state index is 12.6. The normalized spacial score (nSPS) is 10.6. The molecule has 16 heteroatoms. The third-order valence-corrected chi connectivity index (χ3v) is 8.52. The van der Waals surface area contributed by atoms with Gasteiger partial charge in [0, 0.05) is 41.0 Å². The Hall–Kier alpha value is -7.23. The Labute approximate surface area is 334 Å². The van der Waals surface area contributed by atoms with Gasteiger partial charge >= 0.3 is 17.9 Å². The monoisotopic (exact) mass is 792 g/mol. The Morgan fingerprint density at radius 1 is 0.672 bits per heavy atom. The molecule has 6 rings (SSSR count). The molecule has 2 aromatic carbocycles. The van der Waals surface area contributed by atoms with Crippen molar-refractivity contribution in [1.82, 2.24) is 19.9 Å². The van der Waals surface area contributed by atoms with Gasteiger partial charge in [-0.05, 0) is 88.4 Å². The number of aryl methyl sites for hydroxylation is 2. The summed E-state index contributed by atoms with van der Waals surface area (Å²) in [7, 11) is 3.17. The number of anilines is 4. The lowest BCUT2D eigenvalue weighted by molar-refractivity contribution is -0.137. The molecule has 0 bridgehead atoms. The van der Waals surface area contributed by atoms with Crippen molar-refractivity contribution in [3.05, 3.63) is 95.6 Å². The Kier molecular flexibility index (Phi) is 14.1. The van der Waals surface area contributed by atoms with Crippen LogP contribution in [0.4, 0.5) is 22.7 Å². The summed E-state index contributed by atoms with van der Waals surface area (Å²) in [5.74, 6) is -0.0702. The molecular weight excluding hydrogens is 748 g/mol. The molecule has 0 spiro atoms. The molecule has 0 saturated heterocycles. The van der Waals surface area contributed by atoms with Crippen LogP contribution in [0.2, 0.25) is 0 Å². The van der Waals surface area contributed by atoms with Crippen molar-refractivity contribution >= 4 is 62.7 Å². The lowest BCUT2D eigenvalue weighted by Gasteiger charge is -2.16. The third-order valence-electron chi connectivity index (χ3n) is 8.52. The van der Waals surface area contributed by atoms with Crippen molar-refractivity contribution in [1.29, 1.82) is 0 Å². The summed E-state index contributed by atoms with van der Waals surface area (Å²) in [4.78, 5) is 52.8. The minimum Gasteiger partial charge on any atom is -0.497 e. The maximum absolute atomic E-state index is 12.6. The number of aromatic carboxylic acids is 1. The fourth-order valence-electron chi connectivity index (χ4n) is 5.75. The van der Waals surface area contributed by atoms with Gasteiger partial charge in [0.1, 0.15) is 34.1 Å². The molecule has 0 atom stereocenters. The molecular formula is C42H44N6O10. The summed E-state index contributed by atoms with van der Waals surface area (Å²) in [6, 6.07) is 17.9. The summed E-state index contributed by atoms with van der Waals surface area (Å²) >= 11 is 0. The van der Waals surface area contributed by atoms with Crippen LogP contribution in [0, 0.1) is 6.92 Å². The quantitative estimate of drug-likeness (QED) is 0.0689. The number of ether oxygens (including phenoxy) is 5. The highest BCUT2D eigenvalue weighted by atomic mass is 16.5. The molecule has 58 heavy (non-hydrogen) atoms. The topological polar surface area (TPSA) is 213 Å². The first-order chi connectivity index (χ1) is 28.0. The van der Waals surface area contributed by atoms with Crippen LogP contribution in [0.1, 0.15) is 59.3 Å². The number of hydrogen-bond acceptors (Lipinski definition) is 14. The first-order valence-electron chi connectivity index (χ1n) is 18.3. The van der Waals surface area contributed by atoms with Gasteiger partial charge < -0.3 is 44.5 Å². The molecule has 4 heterocycles. The summed E-state index contributed by atoms with van der Waals surface area (Å²) < 4.78 is 26.9.